The lowest BCUT2D eigenvalue weighted by molar-refractivity contribution is 0.0603. The Morgan fingerprint density at radius 1 is 1.27 bits per heavy atom. The predicted octanol–water partition coefficient (Wildman–Crippen LogP) is 2.87. The molecule has 6 heteroatoms. The highest BCUT2D eigenvalue weighted by Crippen LogP contribution is 2.27. The van der Waals surface area contributed by atoms with Crippen molar-refractivity contribution in [2.24, 2.45) is 7.05 Å². The first-order valence-corrected chi connectivity index (χ1v) is 6.70. The molecule has 112 valence electrons. The van der Waals surface area contributed by atoms with Crippen LogP contribution in [0.15, 0.2) is 30.3 Å². The first-order chi connectivity index (χ1) is 10.5. The summed E-state index contributed by atoms with van der Waals surface area (Å²) in [5, 5.41) is 4.97. The van der Waals surface area contributed by atoms with Gasteiger partial charge < -0.3 is 4.74 Å². The average Bonchev–Trinajstić information content (AvgIpc) is 2.81. The van der Waals surface area contributed by atoms with Gasteiger partial charge in [0.05, 0.1) is 29.4 Å². The Bertz CT molecular complexity index is 869. The molecule has 3 aromatic rings. The fourth-order valence-electron chi connectivity index (χ4n) is 2.48. The first-order valence-electron chi connectivity index (χ1n) is 6.70. The molecule has 0 aliphatic rings. The van der Waals surface area contributed by atoms with Gasteiger partial charge in [-0.3, -0.25) is 4.68 Å². The van der Waals surface area contributed by atoms with Crippen molar-refractivity contribution < 1.29 is 13.9 Å². The predicted molar refractivity (Wildman–Crippen MR) is 80.0 cm³/mol. The van der Waals surface area contributed by atoms with Crippen molar-refractivity contribution in [1.29, 1.82) is 0 Å². The Morgan fingerprint density at radius 2 is 1.95 bits per heavy atom. The van der Waals surface area contributed by atoms with Crippen LogP contribution >= 0.6 is 0 Å². The van der Waals surface area contributed by atoms with Crippen LogP contribution < -0.4 is 0 Å². The van der Waals surface area contributed by atoms with E-state index < -0.39 is 5.97 Å². The second kappa shape index (κ2) is 5.22. The fraction of sp³-hybridized carbons (Fsp3) is 0.188. The Labute approximate surface area is 126 Å². The van der Waals surface area contributed by atoms with Gasteiger partial charge >= 0.3 is 5.97 Å². The molecule has 0 saturated heterocycles. The molecule has 0 aliphatic carbocycles. The molecule has 0 radical (unpaired) electrons. The summed E-state index contributed by atoms with van der Waals surface area (Å²) in [6, 6.07) is 7.60. The minimum Gasteiger partial charge on any atom is -0.465 e. The van der Waals surface area contributed by atoms with E-state index in [1.165, 1.54) is 19.2 Å². The third kappa shape index (κ3) is 2.22. The standard InChI is InChI=1S/C16H14FN3O2/c1-9-14-12(16(21)22-3)8-13(18-15(14)20(2)19-9)10-4-6-11(17)7-5-10/h4-8H,1-3H3. The molecule has 0 unspecified atom stereocenters. The number of rotatable bonds is 2. The number of esters is 1. The van der Waals surface area contributed by atoms with Gasteiger partial charge in [0, 0.05) is 12.6 Å². The molecule has 1 aromatic carbocycles. The molecule has 0 atom stereocenters. The van der Waals surface area contributed by atoms with Crippen molar-refractivity contribution in [2.75, 3.05) is 7.11 Å². The van der Waals surface area contributed by atoms with E-state index in [1.807, 2.05) is 6.92 Å². The topological polar surface area (TPSA) is 57.0 Å². The van der Waals surface area contributed by atoms with Gasteiger partial charge in [0.15, 0.2) is 5.65 Å². The van der Waals surface area contributed by atoms with Gasteiger partial charge in [-0.25, -0.2) is 14.2 Å². The smallest absolute Gasteiger partial charge is 0.338 e. The molecule has 5 nitrogen and oxygen atoms in total. The molecule has 0 aliphatic heterocycles. The van der Waals surface area contributed by atoms with E-state index in [1.54, 1.807) is 29.9 Å². The van der Waals surface area contributed by atoms with Crippen LogP contribution in [-0.2, 0) is 11.8 Å². The van der Waals surface area contributed by atoms with Gasteiger partial charge in [-0.15, -0.1) is 0 Å². The summed E-state index contributed by atoms with van der Waals surface area (Å²) < 4.78 is 19.5. The number of aryl methyl sites for hydroxylation is 2. The molecule has 0 amide bonds. The molecule has 2 aromatic heterocycles. The number of ether oxygens (including phenoxy) is 1. The second-order valence-corrected chi connectivity index (χ2v) is 4.96. The number of fused-ring (bicyclic) bond motifs is 1. The first kappa shape index (κ1) is 14.2. The third-order valence-corrected chi connectivity index (χ3v) is 3.51. The SMILES string of the molecule is COC(=O)c1cc(-c2ccc(F)cc2)nc2c1c(C)nn2C. The summed E-state index contributed by atoms with van der Waals surface area (Å²) in [5.41, 5.74) is 2.97. The lowest BCUT2D eigenvalue weighted by Gasteiger charge is -2.07. The highest BCUT2D eigenvalue weighted by Gasteiger charge is 2.19. The van der Waals surface area contributed by atoms with Crippen molar-refractivity contribution in [3.63, 3.8) is 0 Å². The number of nitrogens with zero attached hydrogens (tertiary/aromatic N) is 3. The monoisotopic (exact) mass is 299 g/mol. The van der Waals surface area contributed by atoms with Crippen LogP contribution in [0.4, 0.5) is 4.39 Å². The molecule has 0 bridgehead atoms. The van der Waals surface area contributed by atoms with Gasteiger partial charge in [-0.1, -0.05) is 0 Å². The van der Waals surface area contributed by atoms with Crippen LogP contribution in [0.3, 0.4) is 0 Å². The maximum absolute atomic E-state index is 13.1. The summed E-state index contributed by atoms with van der Waals surface area (Å²) in [7, 11) is 3.09. The average molecular weight is 299 g/mol. The van der Waals surface area contributed by atoms with Gasteiger partial charge in [-0.2, -0.15) is 5.10 Å². The zero-order valence-electron chi connectivity index (χ0n) is 12.4. The summed E-state index contributed by atoms with van der Waals surface area (Å²) in [5.74, 6) is -0.777. The molecule has 0 N–H and O–H groups in total. The van der Waals surface area contributed by atoms with Crippen molar-refractivity contribution >= 4 is 17.0 Å². The normalized spacial score (nSPS) is 10.9. The number of hydrogen-bond acceptors (Lipinski definition) is 4. The summed E-state index contributed by atoms with van der Waals surface area (Å²) >= 11 is 0. The van der Waals surface area contributed by atoms with Crippen molar-refractivity contribution in [3.8, 4) is 11.3 Å². The molecular weight excluding hydrogens is 285 g/mol. The summed E-state index contributed by atoms with van der Waals surface area (Å²) in [4.78, 5) is 16.6. The molecule has 2 heterocycles. The van der Waals surface area contributed by atoms with E-state index in [0.29, 0.717) is 33.5 Å². The van der Waals surface area contributed by atoms with E-state index >= 15 is 0 Å². The summed E-state index contributed by atoms with van der Waals surface area (Å²) in [6.07, 6.45) is 0. The Balaban J connectivity index is 2.31. The van der Waals surface area contributed by atoms with Crippen LogP contribution in [0.5, 0.6) is 0 Å². The molecular formula is C16H14FN3O2. The maximum Gasteiger partial charge on any atom is 0.338 e. The van der Waals surface area contributed by atoms with Gasteiger partial charge in [0.2, 0.25) is 0 Å². The molecule has 3 rings (SSSR count). The molecule has 0 saturated carbocycles. The lowest BCUT2D eigenvalue weighted by Crippen LogP contribution is -2.04. The lowest BCUT2D eigenvalue weighted by atomic mass is 10.1. The Kier molecular flexibility index (Phi) is 3.36. The number of carbonyl (C=O) groups excluding carboxylic acids is 1. The number of carbonyl (C=O) groups is 1. The second-order valence-electron chi connectivity index (χ2n) is 4.96. The summed E-state index contributed by atoms with van der Waals surface area (Å²) in [6.45, 7) is 1.81. The Morgan fingerprint density at radius 3 is 2.59 bits per heavy atom. The minimum atomic E-state index is -0.452. The van der Waals surface area contributed by atoms with E-state index in [-0.39, 0.29) is 5.82 Å². The van der Waals surface area contributed by atoms with Crippen LogP contribution in [0.25, 0.3) is 22.3 Å². The number of benzene rings is 1. The van der Waals surface area contributed by atoms with Crippen LogP contribution in [0.1, 0.15) is 16.1 Å². The van der Waals surface area contributed by atoms with E-state index in [0.717, 1.165) is 0 Å². The zero-order chi connectivity index (χ0) is 15.9. The van der Waals surface area contributed by atoms with Crippen molar-refractivity contribution in [3.05, 3.63) is 47.4 Å². The molecule has 0 spiro atoms. The molecule has 22 heavy (non-hydrogen) atoms. The van der Waals surface area contributed by atoms with E-state index in [9.17, 15) is 9.18 Å². The Hall–Kier alpha value is -2.76. The third-order valence-electron chi connectivity index (χ3n) is 3.51. The van der Waals surface area contributed by atoms with Crippen LogP contribution in [0, 0.1) is 12.7 Å². The quantitative estimate of drug-likeness (QED) is 0.683. The number of methoxy groups -OCH3 is 1. The largest absolute Gasteiger partial charge is 0.465 e. The number of aromatic nitrogens is 3. The molecule has 0 fully saturated rings. The van der Waals surface area contributed by atoms with Crippen molar-refractivity contribution in [2.45, 2.75) is 6.92 Å². The zero-order valence-corrected chi connectivity index (χ0v) is 12.4. The van der Waals surface area contributed by atoms with Gasteiger partial charge in [0.1, 0.15) is 5.82 Å². The maximum atomic E-state index is 13.1. The van der Waals surface area contributed by atoms with Gasteiger partial charge in [-0.05, 0) is 37.3 Å². The fourth-order valence-corrected chi connectivity index (χ4v) is 2.48. The van der Waals surface area contributed by atoms with Crippen LogP contribution in [-0.4, -0.2) is 27.8 Å². The number of hydrogen-bond donors (Lipinski definition) is 0. The van der Waals surface area contributed by atoms with E-state index in [2.05, 4.69) is 10.1 Å². The highest BCUT2D eigenvalue weighted by atomic mass is 19.1. The van der Waals surface area contributed by atoms with Crippen LogP contribution in [0.2, 0.25) is 0 Å². The van der Waals surface area contributed by atoms with Gasteiger partial charge in [0.25, 0.3) is 0 Å². The number of pyridine rings is 1. The number of halogens is 1. The highest BCUT2D eigenvalue weighted by molar-refractivity contribution is 6.04. The van der Waals surface area contributed by atoms with E-state index in [4.69, 9.17) is 4.74 Å². The van der Waals surface area contributed by atoms with Crippen molar-refractivity contribution in [1.82, 2.24) is 14.8 Å². The minimum absolute atomic E-state index is 0.325.